The van der Waals surface area contributed by atoms with Gasteiger partial charge in [-0.3, -0.25) is 0 Å². The second-order valence-corrected chi connectivity index (χ2v) is 4.36. The Kier molecular flexibility index (Phi) is 3.30. The lowest BCUT2D eigenvalue weighted by atomic mass is 10.1. The van der Waals surface area contributed by atoms with Crippen LogP contribution in [0.1, 0.15) is 17.5 Å². The van der Waals surface area contributed by atoms with Gasteiger partial charge in [-0.25, -0.2) is 0 Å². The Labute approximate surface area is 95.8 Å². The molecule has 1 nitrogen and oxygen atoms in total. The number of nitrogens with one attached hydrogen (secondary N) is 1. The van der Waals surface area contributed by atoms with E-state index in [4.69, 9.17) is 18.0 Å². The molecule has 1 aromatic rings. The van der Waals surface area contributed by atoms with Gasteiger partial charge in [0.15, 0.2) is 0 Å². The average Bonchev–Trinajstić information content (AvgIpc) is 2.60. The molecule has 78 valence electrons. The smallest absolute Gasteiger partial charge is 0.0408 e. The van der Waals surface area contributed by atoms with E-state index in [1.807, 2.05) is 6.07 Å². The molecule has 1 unspecified atom stereocenters. The van der Waals surface area contributed by atoms with E-state index in [0.29, 0.717) is 6.04 Å². The van der Waals surface area contributed by atoms with Gasteiger partial charge in [-0.05, 0) is 36.1 Å². The van der Waals surface area contributed by atoms with Gasteiger partial charge in [0.25, 0.3) is 0 Å². The summed E-state index contributed by atoms with van der Waals surface area (Å²) in [5.41, 5.74) is 2.79. The minimum Gasteiger partial charge on any atom is -0.312 e. The lowest BCUT2D eigenvalue weighted by Gasteiger charge is -2.09. The van der Waals surface area contributed by atoms with Crippen LogP contribution in [0.3, 0.4) is 0 Å². The maximum atomic E-state index is 5.95. The van der Waals surface area contributed by atoms with E-state index in [0.717, 1.165) is 30.8 Å². The zero-order valence-electron chi connectivity index (χ0n) is 8.59. The van der Waals surface area contributed by atoms with E-state index in [2.05, 4.69) is 23.4 Å². The van der Waals surface area contributed by atoms with E-state index in [1.54, 1.807) is 0 Å². The number of terminal acetylenes is 1. The van der Waals surface area contributed by atoms with Gasteiger partial charge in [-0.2, -0.15) is 0 Å². The molecular weight excluding hydrogens is 206 g/mol. The molecule has 2 heteroatoms. The SMILES string of the molecule is C#CCCNC1Cc2ccc(Cl)cc2C1. The maximum absolute atomic E-state index is 5.95. The Morgan fingerprint density at radius 2 is 2.20 bits per heavy atom. The van der Waals surface area contributed by atoms with Crippen LogP contribution in [0.2, 0.25) is 5.02 Å². The van der Waals surface area contributed by atoms with Crippen LogP contribution >= 0.6 is 11.6 Å². The van der Waals surface area contributed by atoms with E-state index >= 15 is 0 Å². The predicted octanol–water partition coefficient (Wildman–Crippen LogP) is 2.42. The van der Waals surface area contributed by atoms with Gasteiger partial charge in [0.05, 0.1) is 0 Å². The molecule has 15 heavy (non-hydrogen) atoms. The molecule has 0 aliphatic heterocycles. The maximum Gasteiger partial charge on any atom is 0.0408 e. The van der Waals surface area contributed by atoms with Crippen molar-refractivity contribution in [2.45, 2.75) is 25.3 Å². The van der Waals surface area contributed by atoms with Crippen molar-refractivity contribution in [3.8, 4) is 12.3 Å². The average molecular weight is 220 g/mol. The molecule has 0 aromatic heterocycles. The molecule has 1 aliphatic carbocycles. The van der Waals surface area contributed by atoms with Crippen molar-refractivity contribution in [2.75, 3.05) is 6.54 Å². The van der Waals surface area contributed by atoms with E-state index < -0.39 is 0 Å². The number of hydrogen-bond donors (Lipinski definition) is 1. The highest BCUT2D eigenvalue weighted by Crippen LogP contribution is 2.25. The van der Waals surface area contributed by atoms with Gasteiger partial charge in [-0.15, -0.1) is 12.3 Å². The van der Waals surface area contributed by atoms with Crippen LogP contribution in [0.5, 0.6) is 0 Å². The van der Waals surface area contributed by atoms with Crippen LogP contribution in [-0.4, -0.2) is 12.6 Å². The van der Waals surface area contributed by atoms with Gasteiger partial charge in [0, 0.05) is 24.0 Å². The molecule has 0 saturated heterocycles. The predicted molar refractivity (Wildman–Crippen MR) is 64.1 cm³/mol. The normalized spacial score (nSPS) is 18.5. The summed E-state index contributed by atoms with van der Waals surface area (Å²) in [6.45, 7) is 0.906. The summed E-state index contributed by atoms with van der Waals surface area (Å²) in [5, 5.41) is 4.29. The molecule has 0 amide bonds. The van der Waals surface area contributed by atoms with Crippen LogP contribution in [-0.2, 0) is 12.8 Å². The number of hydrogen-bond acceptors (Lipinski definition) is 1. The van der Waals surface area contributed by atoms with Crippen molar-refractivity contribution in [1.82, 2.24) is 5.32 Å². The van der Waals surface area contributed by atoms with Crippen LogP contribution in [0.4, 0.5) is 0 Å². The second-order valence-electron chi connectivity index (χ2n) is 3.93. The minimum absolute atomic E-state index is 0.534. The number of halogens is 1. The number of benzene rings is 1. The molecule has 0 bridgehead atoms. The third-order valence-corrected chi connectivity index (χ3v) is 3.04. The van der Waals surface area contributed by atoms with Gasteiger partial charge < -0.3 is 5.32 Å². The molecule has 2 rings (SSSR count). The molecule has 0 radical (unpaired) electrons. The third kappa shape index (κ3) is 2.53. The second kappa shape index (κ2) is 4.70. The summed E-state index contributed by atoms with van der Waals surface area (Å²) >= 11 is 5.95. The van der Waals surface area contributed by atoms with Crippen molar-refractivity contribution in [1.29, 1.82) is 0 Å². The Balaban J connectivity index is 1.95. The lowest BCUT2D eigenvalue weighted by molar-refractivity contribution is 0.541. The Morgan fingerprint density at radius 3 is 3.00 bits per heavy atom. The van der Waals surface area contributed by atoms with Crippen molar-refractivity contribution in [3.05, 3.63) is 34.3 Å². The molecule has 1 atom stereocenters. The fourth-order valence-electron chi connectivity index (χ4n) is 2.08. The summed E-state index contributed by atoms with van der Waals surface area (Å²) in [4.78, 5) is 0. The number of rotatable bonds is 3. The van der Waals surface area contributed by atoms with Gasteiger partial charge in [0.2, 0.25) is 0 Å². The Hall–Kier alpha value is -0.970. The molecule has 0 spiro atoms. The van der Waals surface area contributed by atoms with Crippen molar-refractivity contribution >= 4 is 11.6 Å². The van der Waals surface area contributed by atoms with Crippen LogP contribution in [0, 0.1) is 12.3 Å². The monoisotopic (exact) mass is 219 g/mol. The van der Waals surface area contributed by atoms with Gasteiger partial charge in [-0.1, -0.05) is 17.7 Å². The number of fused-ring (bicyclic) bond motifs is 1. The third-order valence-electron chi connectivity index (χ3n) is 2.80. The molecule has 1 N–H and O–H groups in total. The summed E-state index contributed by atoms with van der Waals surface area (Å²) in [7, 11) is 0. The standard InChI is InChI=1S/C13H14ClN/c1-2-3-6-15-13-8-10-4-5-12(14)7-11(10)9-13/h1,4-5,7,13,15H,3,6,8-9H2. The lowest BCUT2D eigenvalue weighted by Crippen LogP contribution is -2.30. The Bertz CT molecular complexity index is 392. The van der Waals surface area contributed by atoms with Gasteiger partial charge in [0.1, 0.15) is 0 Å². The summed E-state index contributed by atoms with van der Waals surface area (Å²) in [5.74, 6) is 2.64. The first kappa shape index (κ1) is 10.5. The van der Waals surface area contributed by atoms with Crippen molar-refractivity contribution in [3.63, 3.8) is 0 Å². The molecule has 0 heterocycles. The topological polar surface area (TPSA) is 12.0 Å². The first-order chi connectivity index (χ1) is 7.29. The molecule has 1 aromatic carbocycles. The van der Waals surface area contributed by atoms with Crippen molar-refractivity contribution < 1.29 is 0 Å². The van der Waals surface area contributed by atoms with E-state index in [9.17, 15) is 0 Å². The summed E-state index contributed by atoms with van der Waals surface area (Å²) < 4.78 is 0. The van der Waals surface area contributed by atoms with Crippen molar-refractivity contribution in [2.24, 2.45) is 0 Å². The zero-order valence-corrected chi connectivity index (χ0v) is 9.35. The first-order valence-corrected chi connectivity index (χ1v) is 5.61. The quantitative estimate of drug-likeness (QED) is 0.608. The van der Waals surface area contributed by atoms with Crippen LogP contribution < -0.4 is 5.32 Å². The largest absolute Gasteiger partial charge is 0.312 e. The molecule has 0 saturated carbocycles. The summed E-state index contributed by atoms with van der Waals surface area (Å²) in [6.07, 6.45) is 8.17. The fourth-order valence-corrected chi connectivity index (χ4v) is 2.27. The van der Waals surface area contributed by atoms with Gasteiger partial charge >= 0.3 is 0 Å². The highest BCUT2D eigenvalue weighted by Gasteiger charge is 2.20. The minimum atomic E-state index is 0.534. The molecule has 1 aliphatic rings. The van der Waals surface area contributed by atoms with Crippen LogP contribution in [0.15, 0.2) is 18.2 Å². The fraction of sp³-hybridized carbons (Fsp3) is 0.385. The van der Waals surface area contributed by atoms with E-state index in [1.165, 1.54) is 11.1 Å². The summed E-state index contributed by atoms with van der Waals surface area (Å²) in [6, 6.07) is 6.69. The zero-order chi connectivity index (χ0) is 10.7. The van der Waals surface area contributed by atoms with E-state index in [-0.39, 0.29) is 0 Å². The highest BCUT2D eigenvalue weighted by molar-refractivity contribution is 6.30. The highest BCUT2D eigenvalue weighted by atomic mass is 35.5. The first-order valence-electron chi connectivity index (χ1n) is 5.24. The molecule has 0 fully saturated rings. The Morgan fingerprint density at radius 1 is 1.40 bits per heavy atom. The molecular formula is C13H14ClN. The van der Waals surface area contributed by atoms with Crippen LogP contribution in [0.25, 0.3) is 0 Å².